The van der Waals surface area contributed by atoms with Crippen LogP contribution >= 0.6 is 0 Å². The fourth-order valence-electron chi connectivity index (χ4n) is 2.60. The lowest BCUT2D eigenvalue weighted by molar-refractivity contribution is 0.476. The fourth-order valence-corrected chi connectivity index (χ4v) is 2.60. The zero-order valence-corrected chi connectivity index (χ0v) is 11.8. The van der Waals surface area contributed by atoms with Gasteiger partial charge in [-0.15, -0.1) is 0 Å². The van der Waals surface area contributed by atoms with E-state index in [1.54, 1.807) is 12.1 Å². The van der Waals surface area contributed by atoms with Crippen molar-refractivity contribution in [3.8, 4) is 5.75 Å². The van der Waals surface area contributed by atoms with Crippen molar-refractivity contribution >= 4 is 11.0 Å². The number of phenols is 1. The molecule has 1 aromatic heterocycles. The summed E-state index contributed by atoms with van der Waals surface area (Å²) in [4.78, 5) is 4.62. The van der Waals surface area contributed by atoms with Gasteiger partial charge in [0.25, 0.3) is 0 Å². The standard InChI is InChI=1S/C17H18N2O/c1-12-5-3-4-6-13(12)7-10-17-18-15-11-14(20)8-9-16(15)19(17)2/h3-6,8-9,11,20H,7,10H2,1-2H3. The molecule has 1 N–H and O–H groups in total. The summed E-state index contributed by atoms with van der Waals surface area (Å²) in [6, 6.07) is 13.8. The van der Waals surface area contributed by atoms with Gasteiger partial charge in [-0.25, -0.2) is 4.98 Å². The first-order chi connectivity index (χ1) is 9.65. The Morgan fingerprint density at radius 2 is 1.90 bits per heavy atom. The lowest BCUT2D eigenvalue weighted by Gasteiger charge is -2.05. The molecular weight excluding hydrogens is 248 g/mol. The van der Waals surface area contributed by atoms with Crippen LogP contribution in [0.15, 0.2) is 42.5 Å². The van der Waals surface area contributed by atoms with Crippen molar-refractivity contribution in [3.63, 3.8) is 0 Å². The third kappa shape index (κ3) is 2.27. The first-order valence-electron chi connectivity index (χ1n) is 6.84. The Labute approximate surface area is 118 Å². The van der Waals surface area contributed by atoms with Gasteiger partial charge in [-0.3, -0.25) is 0 Å². The molecule has 0 fully saturated rings. The molecule has 0 bridgehead atoms. The highest BCUT2D eigenvalue weighted by Crippen LogP contribution is 2.21. The third-order valence-electron chi connectivity index (χ3n) is 3.84. The number of fused-ring (bicyclic) bond motifs is 1. The quantitative estimate of drug-likeness (QED) is 0.789. The van der Waals surface area contributed by atoms with Crippen LogP contribution in [0.2, 0.25) is 0 Å². The molecule has 0 aliphatic rings. The van der Waals surface area contributed by atoms with Crippen LogP contribution in [-0.4, -0.2) is 14.7 Å². The van der Waals surface area contributed by atoms with Crippen molar-refractivity contribution in [2.24, 2.45) is 7.05 Å². The molecule has 3 nitrogen and oxygen atoms in total. The topological polar surface area (TPSA) is 38.1 Å². The zero-order valence-electron chi connectivity index (χ0n) is 11.8. The summed E-state index contributed by atoms with van der Waals surface area (Å²) < 4.78 is 2.10. The van der Waals surface area contributed by atoms with Gasteiger partial charge in [-0.2, -0.15) is 0 Å². The molecule has 0 aliphatic carbocycles. The monoisotopic (exact) mass is 266 g/mol. The number of benzene rings is 2. The summed E-state index contributed by atoms with van der Waals surface area (Å²) >= 11 is 0. The summed E-state index contributed by atoms with van der Waals surface area (Å²) in [7, 11) is 2.03. The highest BCUT2D eigenvalue weighted by atomic mass is 16.3. The molecule has 0 amide bonds. The smallest absolute Gasteiger partial charge is 0.117 e. The van der Waals surface area contributed by atoms with Crippen LogP contribution in [0.1, 0.15) is 17.0 Å². The molecule has 3 rings (SSSR count). The molecule has 102 valence electrons. The molecule has 3 aromatic rings. The van der Waals surface area contributed by atoms with Crippen LogP contribution < -0.4 is 0 Å². The average Bonchev–Trinajstić information content (AvgIpc) is 2.74. The van der Waals surface area contributed by atoms with E-state index in [2.05, 4.69) is 40.7 Å². The van der Waals surface area contributed by atoms with Crippen LogP contribution in [-0.2, 0) is 19.9 Å². The molecule has 0 spiro atoms. The van der Waals surface area contributed by atoms with Crippen LogP contribution in [0.4, 0.5) is 0 Å². The van der Waals surface area contributed by atoms with Gasteiger partial charge in [0.15, 0.2) is 0 Å². The summed E-state index contributed by atoms with van der Waals surface area (Å²) in [5.74, 6) is 1.31. The highest BCUT2D eigenvalue weighted by Gasteiger charge is 2.08. The van der Waals surface area contributed by atoms with E-state index < -0.39 is 0 Å². The minimum Gasteiger partial charge on any atom is -0.508 e. The second-order valence-electron chi connectivity index (χ2n) is 5.19. The van der Waals surface area contributed by atoms with Crippen molar-refractivity contribution in [1.29, 1.82) is 0 Å². The molecule has 0 saturated heterocycles. The SMILES string of the molecule is Cc1ccccc1CCc1nc2cc(O)ccc2n1C. The van der Waals surface area contributed by atoms with Crippen molar-refractivity contribution in [2.45, 2.75) is 19.8 Å². The predicted octanol–water partition coefficient (Wildman–Crippen LogP) is 3.37. The number of rotatable bonds is 3. The van der Waals surface area contributed by atoms with E-state index in [-0.39, 0.29) is 5.75 Å². The summed E-state index contributed by atoms with van der Waals surface area (Å²) in [5, 5.41) is 9.53. The number of aryl methyl sites for hydroxylation is 4. The second-order valence-corrected chi connectivity index (χ2v) is 5.19. The fraction of sp³-hybridized carbons (Fsp3) is 0.235. The van der Waals surface area contributed by atoms with Crippen molar-refractivity contribution in [2.75, 3.05) is 0 Å². The first-order valence-corrected chi connectivity index (χ1v) is 6.84. The Hall–Kier alpha value is -2.29. The number of nitrogens with zero attached hydrogens (tertiary/aromatic N) is 2. The molecule has 20 heavy (non-hydrogen) atoms. The van der Waals surface area contributed by atoms with E-state index in [4.69, 9.17) is 0 Å². The van der Waals surface area contributed by atoms with E-state index >= 15 is 0 Å². The Morgan fingerprint density at radius 3 is 2.70 bits per heavy atom. The van der Waals surface area contributed by atoms with Gasteiger partial charge in [0.1, 0.15) is 11.6 Å². The van der Waals surface area contributed by atoms with Crippen LogP contribution in [0, 0.1) is 6.92 Å². The Balaban J connectivity index is 1.88. The van der Waals surface area contributed by atoms with Gasteiger partial charge in [0, 0.05) is 19.5 Å². The average molecular weight is 266 g/mol. The number of imidazole rings is 1. The van der Waals surface area contributed by atoms with Crippen molar-refractivity contribution in [1.82, 2.24) is 9.55 Å². The van der Waals surface area contributed by atoms with Gasteiger partial charge in [0.2, 0.25) is 0 Å². The van der Waals surface area contributed by atoms with Gasteiger partial charge in [0.05, 0.1) is 11.0 Å². The van der Waals surface area contributed by atoms with Gasteiger partial charge in [-0.05, 0) is 36.6 Å². The Morgan fingerprint density at radius 1 is 1.10 bits per heavy atom. The summed E-state index contributed by atoms with van der Waals surface area (Å²) in [5.41, 5.74) is 4.60. The van der Waals surface area contributed by atoms with E-state index in [0.717, 1.165) is 29.7 Å². The zero-order chi connectivity index (χ0) is 14.1. The largest absolute Gasteiger partial charge is 0.508 e. The van der Waals surface area contributed by atoms with Crippen molar-refractivity contribution in [3.05, 3.63) is 59.4 Å². The number of aromatic nitrogens is 2. The molecule has 0 aliphatic heterocycles. The Bertz CT molecular complexity index is 759. The maximum absolute atomic E-state index is 9.53. The van der Waals surface area contributed by atoms with Crippen LogP contribution in [0.25, 0.3) is 11.0 Å². The molecule has 0 atom stereocenters. The maximum atomic E-state index is 9.53. The van der Waals surface area contributed by atoms with E-state index in [9.17, 15) is 5.11 Å². The van der Waals surface area contributed by atoms with Crippen LogP contribution in [0.5, 0.6) is 5.75 Å². The molecule has 1 heterocycles. The highest BCUT2D eigenvalue weighted by molar-refractivity contribution is 5.77. The normalized spacial score (nSPS) is 11.1. The molecule has 0 unspecified atom stereocenters. The number of aromatic hydroxyl groups is 1. The Kier molecular flexibility index (Phi) is 3.18. The number of hydrogen-bond donors (Lipinski definition) is 1. The minimum atomic E-state index is 0.265. The van der Waals surface area contributed by atoms with Crippen LogP contribution in [0.3, 0.4) is 0 Å². The molecule has 2 aromatic carbocycles. The molecule has 3 heteroatoms. The van der Waals surface area contributed by atoms with Gasteiger partial charge >= 0.3 is 0 Å². The maximum Gasteiger partial charge on any atom is 0.117 e. The molecular formula is C17H18N2O. The van der Waals surface area contributed by atoms with E-state index in [1.165, 1.54) is 11.1 Å². The lowest BCUT2D eigenvalue weighted by atomic mass is 10.0. The minimum absolute atomic E-state index is 0.265. The first kappa shape index (κ1) is 12.7. The van der Waals surface area contributed by atoms with Crippen molar-refractivity contribution < 1.29 is 5.11 Å². The summed E-state index contributed by atoms with van der Waals surface area (Å²) in [6.45, 7) is 2.14. The van der Waals surface area contributed by atoms with E-state index in [1.807, 2.05) is 13.1 Å². The second kappa shape index (κ2) is 5.00. The van der Waals surface area contributed by atoms with Gasteiger partial charge in [-0.1, -0.05) is 24.3 Å². The molecule has 0 saturated carbocycles. The number of hydrogen-bond acceptors (Lipinski definition) is 2. The van der Waals surface area contributed by atoms with E-state index in [0.29, 0.717) is 0 Å². The number of phenolic OH excluding ortho intramolecular Hbond substituents is 1. The van der Waals surface area contributed by atoms with Gasteiger partial charge < -0.3 is 9.67 Å². The molecule has 0 radical (unpaired) electrons. The predicted molar refractivity (Wildman–Crippen MR) is 81.0 cm³/mol. The third-order valence-corrected chi connectivity index (χ3v) is 3.84. The lowest BCUT2D eigenvalue weighted by Crippen LogP contribution is -2.01. The summed E-state index contributed by atoms with van der Waals surface area (Å²) in [6.07, 6.45) is 1.88.